The van der Waals surface area contributed by atoms with E-state index in [-0.39, 0.29) is 0 Å². The quantitative estimate of drug-likeness (QED) is 0.786. The van der Waals surface area contributed by atoms with Gasteiger partial charge >= 0.3 is 0 Å². The first-order chi connectivity index (χ1) is 11.9. The fourth-order valence-electron chi connectivity index (χ4n) is 3.67. The third-order valence-corrected chi connectivity index (χ3v) is 4.88. The smallest absolute Gasteiger partial charge is 0.0236 e. The lowest BCUT2D eigenvalue weighted by Gasteiger charge is -2.34. The summed E-state index contributed by atoms with van der Waals surface area (Å²) in [7, 11) is 0. The first-order valence-electron chi connectivity index (χ1n) is 8.84. The van der Waals surface area contributed by atoms with Crippen molar-refractivity contribution in [3.8, 4) is 0 Å². The molecule has 0 spiro atoms. The van der Waals surface area contributed by atoms with E-state index in [0.717, 1.165) is 32.6 Å². The molecule has 0 aromatic heterocycles. The summed E-state index contributed by atoms with van der Waals surface area (Å²) in [5.41, 5.74) is 2.83. The van der Waals surface area contributed by atoms with Crippen LogP contribution in [-0.2, 0) is 13.0 Å². The molecule has 0 unspecified atom stereocenters. The molecular weight excluding hydrogens is 292 g/mol. The highest BCUT2D eigenvalue weighted by molar-refractivity contribution is 5.83. The Hall–Kier alpha value is -2.16. The van der Waals surface area contributed by atoms with E-state index < -0.39 is 0 Å². The summed E-state index contributed by atoms with van der Waals surface area (Å²) in [4.78, 5) is 2.57. The summed E-state index contributed by atoms with van der Waals surface area (Å²) in [6, 6.07) is 26.8. The predicted octanol–water partition coefficient (Wildman–Crippen LogP) is 3.86. The third-order valence-electron chi connectivity index (χ3n) is 4.88. The average Bonchev–Trinajstić information content (AvgIpc) is 2.63. The molecule has 2 nitrogen and oxygen atoms in total. The summed E-state index contributed by atoms with van der Waals surface area (Å²) in [5.74, 6) is 0. The van der Waals surface area contributed by atoms with E-state index in [4.69, 9.17) is 0 Å². The fraction of sp³-hybridized carbons (Fsp3) is 0.273. The summed E-state index contributed by atoms with van der Waals surface area (Å²) in [5, 5.41) is 6.35. The van der Waals surface area contributed by atoms with Crippen molar-refractivity contribution in [1.82, 2.24) is 10.2 Å². The lowest BCUT2D eigenvalue weighted by atomic mass is 10.00. The van der Waals surface area contributed by atoms with Gasteiger partial charge in [-0.15, -0.1) is 0 Å². The number of rotatable bonds is 4. The first-order valence-corrected chi connectivity index (χ1v) is 8.84. The molecular formula is C22H24N2. The van der Waals surface area contributed by atoms with E-state index in [1.807, 2.05) is 0 Å². The molecule has 0 radical (unpaired) electrons. The molecule has 1 atom stereocenters. The average molecular weight is 316 g/mol. The molecule has 122 valence electrons. The van der Waals surface area contributed by atoms with Crippen molar-refractivity contribution in [2.75, 3.05) is 19.6 Å². The Morgan fingerprint density at radius 2 is 1.62 bits per heavy atom. The monoisotopic (exact) mass is 316 g/mol. The van der Waals surface area contributed by atoms with Gasteiger partial charge in [-0.1, -0.05) is 72.8 Å². The number of nitrogens with zero attached hydrogens (tertiary/aromatic N) is 1. The molecule has 0 amide bonds. The van der Waals surface area contributed by atoms with Crippen molar-refractivity contribution < 1.29 is 0 Å². The van der Waals surface area contributed by atoms with Crippen molar-refractivity contribution in [2.24, 2.45) is 0 Å². The summed E-state index contributed by atoms with van der Waals surface area (Å²) in [6.07, 6.45) is 1.09. The molecule has 0 bridgehead atoms. The van der Waals surface area contributed by atoms with Crippen LogP contribution in [0.3, 0.4) is 0 Å². The Labute approximate surface area is 144 Å². The standard InChI is InChI=1S/C22H24N2/c1-2-6-18(7-3-1)16-24-13-12-23-22(17-24)15-19-10-11-20-8-4-5-9-21(20)14-19/h1-11,14,22-23H,12-13,15-17H2/t22-/m1/s1. The molecule has 2 heteroatoms. The zero-order valence-corrected chi connectivity index (χ0v) is 14.0. The van der Waals surface area contributed by atoms with Crippen LogP contribution in [0.1, 0.15) is 11.1 Å². The zero-order chi connectivity index (χ0) is 16.2. The molecule has 1 heterocycles. The van der Waals surface area contributed by atoms with Crippen LogP contribution in [-0.4, -0.2) is 30.6 Å². The van der Waals surface area contributed by atoms with Gasteiger partial charge in [0.15, 0.2) is 0 Å². The maximum atomic E-state index is 3.69. The van der Waals surface area contributed by atoms with E-state index in [0.29, 0.717) is 6.04 Å². The van der Waals surface area contributed by atoms with Gasteiger partial charge in [-0.3, -0.25) is 4.90 Å². The molecule has 24 heavy (non-hydrogen) atoms. The van der Waals surface area contributed by atoms with Crippen LogP contribution in [0.15, 0.2) is 72.8 Å². The fourth-order valence-corrected chi connectivity index (χ4v) is 3.67. The van der Waals surface area contributed by atoms with Gasteiger partial charge in [0.2, 0.25) is 0 Å². The molecule has 4 rings (SSSR count). The molecule has 1 aliphatic rings. The van der Waals surface area contributed by atoms with Gasteiger partial charge < -0.3 is 5.32 Å². The zero-order valence-electron chi connectivity index (χ0n) is 14.0. The summed E-state index contributed by atoms with van der Waals surface area (Å²) < 4.78 is 0. The second-order valence-corrected chi connectivity index (χ2v) is 6.76. The van der Waals surface area contributed by atoms with Gasteiger partial charge in [-0.05, 0) is 28.3 Å². The molecule has 1 fully saturated rings. The van der Waals surface area contributed by atoms with Gasteiger partial charge in [0, 0.05) is 32.2 Å². The Bertz CT molecular complexity index is 797. The Balaban J connectivity index is 1.42. The van der Waals surface area contributed by atoms with E-state index >= 15 is 0 Å². The minimum atomic E-state index is 0.531. The van der Waals surface area contributed by atoms with E-state index in [1.54, 1.807) is 0 Å². The van der Waals surface area contributed by atoms with Crippen molar-refractivity contribution in [3.63, 3.8) is 0 Å². The molecule has 1 N–H and O–H groups in total. The summed E-state index contributed by atoms with van der Waals surface area (Å²) in [6.45, 7) is 4.37. The third kappa shape index (κ3) is 3.66. The normalized spacial score (nSPS) is 18.8. The number of benzene rings is 3. The van der Waals surface area contributed by atoms with Crippen LogP contribution in [0, 0.1) is 0 Å². The maximum Gasteiger partial charge on any atom is 0.0236 e. The SMILES string of the molecule is c1ccc(CN2CCN[C@H](Cc3ccc4ccccc4c3)C2)cc1. The Morgan fingerprint density at radius 3 is 2.50 bits per heavy atom. The molecule has 3 aromatic rings. The molecule has 1 saturated heterocycles. The minimum absolute atomic E-state index is 0.531. The van der Waals surface area contributed by atoms with Crippen molar-refractivity contribution >= 4 is 10.8 Å². The van der Waals surface area contributed by atoms with Crippen molar-refractivity contribution in [3.05, 3.63) is 83.9 Å². The highest BCUT2D eigenvalue weighted by Gasteiger charge is 2.19. The van der Waals surface area contributed by atoms with E-state index in [9.17, 15) is 0 Å². The van der Waals surface area contributed by atoms with Crippen LogP contribution in [0.25, 0.3) is 10.8 Å². The van der Waals surface area contributed by atoms with Gasteiger partial charge in [-0.25, -0.2) is 0 Å². The van der Waals surface area contributed by atoms with Crippen LogP contribution >= 0.6 is 0 Å². The lowest BCUT2D eigenvalue weighted by molar-refractivity contribution is 0.192. The van der Waals surface area contributed by atoms with Gasteiger partial charge in [-0.2, -0.15) is 0 Å². The second-order valence-electron chi connectivity index (χ2n) is 6.76. The predicted molar refractivity (Wildman–Crippen MR) is 101 cm³/mol. The molecule has 1 aliphatic heterocycles. The molecule has 0 saturated carbocycles. The Morgan fingerprint density at radius 1 is 0.833 bits per heavy atom. The minimum Gasteiger partial charge on any atom is -0.311 e. The number of piperazine rings is 1. The van der Waals surface area contributed by atoms with Gasteiger partial charge in [0.05, 0.1) is 0 Å². The topological polar surface area (TPSA) is 15.3 Å². The van der Waals surface area contributed by atoms with Crippen molar-refractivity contribution in [1.29, 1.82) is 0 Å². The maximum absolute atomic E-state index is 3.69. The number of hydrogen-bond acceptors (Lipinski definition) is 2. The summed E-state index contributed by atoms with van der Waals surface area (Å²) >= 11 is 0. The van der Waals surface area contributed by atoms with Crippen LogP contribution in [0.5, 0.6) is 0 Å². The van der Waals surface area contributed by atoms with Gasteiger partial charge in [0.25, 0.3) is 0 Å². The largest absolute Gasteiger partial charge is 0.311 e. The number of hydrogen-bond donors (Lipinski definition) is 1. The van der Waals surface area contributed by atoms with E-state index in [1.165, 1.54) is 21.9 Å². The van der Waals surface area contributed by atoms with Crippen molar-refractivity contribution in [2.45, 2.75) is 19.0 Å². The molecule has 3 aromatic carbocycles. The number of nitrogens with one attached hydrogen (secondary N) is 1. The Kier molecular flexibility index (Phi) is 4.59. The number of fused-ring (bicyclic) bond motifs is 1. The second kappa shape index (κ2) is 7.16. The highest BCUT2D eigenvalue weighted by Crippen LogP contribution is 2.18. The van der Waals surface area contributed by atoms with Crippen LogP contribution in [0.2, 0.25) is 0 Å². The van der Waals surface area contributed by atoms with Gasteiger partial charge in [0.1, 0.15) is 0 Å². The van der Waals surface area contributed by atoms with Crippen LogP contribution in [0.4, 0.5) is 0 Å². The van der Waals surface area contributed by atoms with Crippen LogP contribution < -0.4 is 5.32 Å². The highest BCUT2D eigenvalue weighted by atomic mass is 15.2. The van der Waals surface area contributed by atoms with E-state index in [2.05, 4.69) is 83.0 Å². The lowest BCUT2D eigenvalue weighted by Crippen LogP contribution is -2.51. The molecule has 0 aliphatic carbocycles. The first kappa shape index (κ1) is 15.4.